The van der Waals surface area contributed by atoms with Crippen LogP contribution < -0.4 is 30.3 Å². The van der Waals surface area contributed by atoms with Crippen LogP contribution >= 0.6 is 33.2 Å². The minimum absolute atomic E-state index is 0.0748. The van der Waals surface area contributed by atoms with E-state index in [4.69, 9.17) is 54.2 Å². The van der Waals surface area contributed by atoms with Gasteiger partial charge in [-0.3, -0.25) is 59.0 Å². The van der Waals surface area contributed by atoms with Gasteiger partial charge in [0.1, 0.15) is 59.7 Å². The summed E-state index contributed by atoms with van der Waals surface area (Å²) < 4.78 is 53.7. The van der Waals surface area contributed by atoms with E-state index in [1.54, 1.807) is 45.2 Å². The summed E-state index contributed by atoms with van der Waals surface area (Å²) in [6.07, 6.45) is 9.42. The van der Waals surface area contributed by atoms with Crippen LogP contribution in [0, 0.1) is 5.92 Å². The monoisotopic (exact) mass is 1900 g/mol. The van der Waals surface area contributed by atoms with Crippen molar-refractivity contribution in [2.24, 2.45) is 5.92 Å². The summed E-state index contributed by atoms with van der Waals surface area (Å²) in [6.45, 7) is 12.9. The summed E-state index contributed by atoms with van der Waals surface area (Å²) in [5.41, 5.74) is 9.75. The molecule has 0 saturated carbocycles. The number of allylic oxidation sites excluding steroid dienone is 3. The van der Waals surface area contributed by atoms with Gasteiger partial charge in [0.25, 0.3) is 0 Å². The van der Waals surface area contributed by atoms with E-state index in [0.717, 1.165) is 78.6 Å². The van der Waals surface area contributed by atoms with Crippen molar-refractivity contribution in [2.45, 2.75) is 173 Å². The zero-order valence-electron chi connectivity index (χ0n) is 77.9. The van der Waals surface area contributed by atoms with Crippen molar-refractivity contribution >= 4 is 80.5 Å². The predicted molar refractivity (Wildman–Crippen MR) is 519 cm³/mol. The molecular weight excluding hydrogens is 1780 g/mol. The Labute approximate surface area is 803 Å². The summed E-state index contributed by atoms with van der Waals surface area (Å²) in [5, 5.41) is 20.5. The Kier molecular flexibility index (Phi) is 39.5. The molecule has 0 spiro atoms. The summed E-state index contributed by atoms with van der Waals surface area (Å²) in [6, 6.07) is 58.9. The number of esters is 1. The molecule has 4 bridgehead atoms. The van der Waals surface area contributed by atoms with Gasteiger partial charge in [-0.1, -0.05) is 173 Å². The quantitative estimate of drug-likeness (QED) is 0.0119. The maximum absolute atomic E-state index is 14.5. The minimum Gasteiger partial charge on any atom is -0.495 e. The number of hydrogen-bond acceptors (Lipinski definition) is 25. The lowest BCUT2D eigenvalue weighted by atomic mass is 9.83. The number of fused-ring (bicyclic) bond motifs is 5. The number of aliphatic hydroxyl groups is 1. The van der Waals surface area contributed by atoms with Crippen LogP contribution in [0.2, 0.25) is 5.02 Å². The van der Waals surface area contributed by atoms with Crippen molar-refractivity contribution in [1.29, 1.82) is 0 Å². The molecule has 4 N–H and O–H groups in total. The topological polar surface area (TPSA) is 330 Å². The van der Waals surface area contributed by atoms with E-state index in [1.165, 1.54) is 59.6 Å². The molecule has 135 heavy (non-hydrogen) atoms. The SMILES string of the molecule is COc1cc2cc(c1Cl)N(C)C(=O)C[C@@H](OC(=O)[C@@H](C)N(C)C(=O)CCSSCCC(=O)NCc1ccc(CNC(=O)COCCOCCOCC(=O)N(CCCCOc3cc(CN(Cc4ccccn4)Cc4ccccn4)cc(CN(Cc4ccccn4)Cc4ccccn4)c3)Cc3ccc(-c4ccccc4)cc3)cc1)[C@]1(C)O[C@@H]1[C@@H](C)[C@H]1C[C@](O)(NC(=O)O1)[C@@H](OC)/C=C/C=C(\C)C2. The van der Waals surface area contributed by atoms with Crippen LogP contribution in [0.15, 0.2) is 231 Å². The van der Waals surface area contributed by atoms with E-state index in [0.29, 0.717) is 108 Å². The molecule has 8 atom stereocenters. The second kappa shape index (κ2) is 52.0. The Bertz CT molecular complexity index is 5190. The number of epoxide rings is 1. The molecule has 3 aliphatic rings. The largest absolute Gasteiger partial charge is 0.495 e. The molecule has 4 aromatic heterocycles. The van der Waals surface area contributed by atoms with Gasteiger partial charge in [0, 0.05) is 148 Å². The lowest BCUT2D eigenvalue weighted by Gasteiger charge is -2.42. The third-order valence-electron chi connectivity index (χ3n) is 23.8. The average Bonchev–Trinajstić information content (AvgIpc) is 1.57. The normalized spacial score (nSPS) is 19.2. The highest BCUT2D eigenvalue weighted by atomic mass is 35.5. The molecule has 5 aromatic carbocycles. The Morgan fingerprint density at radius 1 is 0.637 bits per heavy atom. The highest BCUT2D eigenvalue weighted by Crippen LogP contribution is 2.50. The van der Waals surface area contributed by atoms with Gasteiger partial charge in [-0.25, -0.2) is 9.59 Å². The molecule has 9 aromatic rings. The number of methoxy groups -OCH3 is 2. The van der Waals surface area contributed by atoms with Crippen molar-refractivity contribution in [3.8, 4) is 22.6 Å². The van der Waals surface area contributed by atoms with Gasteiger partial charge in [0.2, 0.25) is 29.5 Å². The number of carbonyl (C=O) groups excluding carboxylic acids is 7. The first kappa shape index (κ1) is 102. The number of unbranched alkanes of at least 4 members (excludes halogenated alkanes) is 1. The number of hydrogen-bond donors (Lipinski definition) is 4. The summed E-state index contributed by atoms with van der Waals surface area (Å²) in [4.78, 5) is 123. The number of rotatable bonds is 47. The van der Waals surface area contributed by atoms with Crippen molar-refractivity contribution in [3.05, 3.63) is 292 Å². The fourth-order valence-electron chi connectivity index (χ4n) is 16.1. The summed E-state index contributed by atoms with van der Waals surface area (Å²) in [7, 11) is 8.84. The molecule has 3 aliphatic heterocycles. The van der Waals surface area contributed by atoms with Gasteiger partial charge in [-0.2, -0.15) is 0 Å². The van der Waals surface area contributed by atoms with Crippen LogP contribution in [0.4, 0.5) is 10.5 Å². The Morgan fingerprint density at radius 2 is 1.19 bits per heavy atom. The molecule has 716 valence electrons. The standard InChI is InChI=1S/C103H123ClN12O17S2/c1-72-23-22-30-91(126-8)103(124)60-90(131-101(123)111-103)73(2)99-102(4,133-99)92(59-96(120)113(6)88-57-78(53-72)58-89(125-7)98(88)104)132-100(122)74(3)112(5)95(119)40-52-135-134-51-39-93(117)109-61-75-31-33-76(34-32-75)62-110-94(118)70-128-49-47-127-48-50-129-71-97(121)116(65-77-35-37-82(38-36-77)81-24-10-9-11-25-81)45-20-21-46-130-87-55-79(63-114(66-83-26-12-16-41-105-83)67-84-27-13-17-42-106-84)54-80(56-87)64-115(68-85-28-14-18-43-107-85)69-86-29-15-19-44-108-86/h9-19,22-38,41-44,54-58,73-74,90-92,99,124H,20-21,39-40,45-53,59-71H2,1-8H3,(H,109,117)(H,110,118)(H,111,123)/b30-22+,72-23+/t73-,74+,90+,91-,92+,99+,102-,103+/m0/s1. The van der Waals surface area contributed by atoms with Crippen molar-refractivity contribution in [2.75, 3.05) is 97.5 Å². The third-order valence-corrected chi connectivity index (χ3v) is 26.6. The van der Waals surface area contributed by atoms with Gasteiger partial charge in [-0.05, 0) is 157 Å². The molecule has 0 radical (unpaired) electrons. The second-order valence-corrected chi connectivity index (χ2v) is 37.2. The number of aromatic nitrogens is 4. The lowest BCUT2D eigenvalue weighted by molar-refractivity contribution is -0.162. The van der Waals surface area contributed by atoms with Crippen molar-refractivity contribution < 1.29 is 81.3 Å². The fourth-order valence-corrected chi connectivity index (χ4v) is 18.4. The predicted octanol–water partition coefficient (Wildman–Crippen LogP) is 14.2. The fraction of sp³-hybridized carbons (Fsp3) is 0.408. The molecule has 12 rings (SSSR count). The third kappa shape index (κ3) is 31.8. The molecule has 2 saturated heterocycles. The van der Waals surface area contributed by atoms with Gasteiger partial charge in [-0.15, -0.1) is 0 Å². The van der Waals surface area contributed by atoms with Crippen molar-refractivity contribution in [3.63, 3.8) is 0 Å². The number of carbonyl (C=O) groups is 7. The molecule has 0 unspecified atom stereocenters. The van der Waals surface area contributed by atoms with Gasteiger partial charge in [0.15, 0.2) is 5.72 Å². The summed E-state index contributed by atoms with van der Waals surface area (Å²) in [5.74, 6) is -0.832. The maximum atomic E-state index is 14.5. The first-order valence-corrected chi connectivity index (χ1v) is 48.4. The number of nitrogens with one attached hydrogen (secondary N) is 3. The minimum atomic E-state index is -1.88. The molecule has 2 fully saturated rings. The molecule has 0 aliphatic carbocycles. The van der Waals surface area contributed by atoms with Crippen LogP contribution in [0.25, 0.3) is 11.1 Å². The number of pyridine rings is 4. The second-order valence-electron chi connectivity index (χ2n) is 34.1. The molecule has 29 nitrogen and oxygen atoms in total. The van der Waals surface area contributed by atoms with Gasteiger partial charge in [0.05, 0.1) is 81.1 Å². The van der Waals surface area contributed by atoms with E-state index in [-0.39, 0.29) is 101 Å². The Hall–Kier alpha value is -11.5. The highest BCUT2D eigenvalue weighted by molar-refractivity contribution is 8.76. The van der Waals surface area contributed by atoms with E-state index < -0.39 is 65.7 Å². The number of halogens is 1. The van der Waals surface area contributed by atoms with E-state index in [2.05, 4.69) is 100 Å². The first-order chi connectivity index (χ1) is 65.4. The van der Waals surface area contributed by atoms with Gasteiger partial charge >= 0.3 is 12.1 Å². The van der Waals surface area contributed by atoms with Crippen LogP contribution in [0.3, 0.4) is 0 Å². The van der Waals surface area contributed by atoms with Crippen LogP contribution in [-0.2, 0) is 127 Å². The molecule has 7 heterocycles. The molecule has 32 heteroatoms. The zero-order valence-corrected chi connectivity index (χ0v) is 80.3. The average molecular weight is 1900 g/mol. The number of nitrogens with zero attached hydrogens (tertiary/aromatic N) is 9. The molecule has 6 amide bonds. The summed E-state index contributed by atoms with van der Waals surface area (Å²) >= 11 is 6.87. The highest BCUT2D eigenvalue weighted by Gasteiger charge is 2.65. The number of ether oxygens (including phenoxy) is 9. The zero-order chi connectivity index (χ0) is 95.5. The number of likely N-dealkylation sites (N-methyl/N-ethyl adjacent to an activating group) is 1. The molecular formula is C103H123ClN12O17S2. The Balaban J connectivity index is 0.539. The van der Waals surface area contributed by atoms with Crippen LogP contribution in [-0.4, -0.2) is 221 Å². The number of alkyl carbamates (subject to hydrolysis) is 1. The number of benzene rings is 5. The maximum Gasteiger partial charge on any atom is 0.409 e. The van der Waals surface area contributed by atoms with E-state index in [1.807, 2.05) is 158 Å². The lowest BCUT2D eigenvalue weighted by Crippen LogP contribution is -2.63. The number of anilines is 1. The van der Waals surface area contributed by atoms with E-state index >= 15 is 0 Å². The van der Waals surface area contributed by atoms with Crippen molar-refractivity contribution in [1.82, 2.24) is 55.5 Å². The first-order valence-electron chi connectivity index (χ1n) is 45.5. The number of amides is 6. The Morgan fingerprint density at radius 3 is 1.76 bits per heavy atom. The van der Waals surface area contributed by atoms with E-state index in [9.17, 15) is 38.7 Å². The van der Waals surface area contributed by atoms with Crippen LogP contribution in [0.1, 0.15) is 122 Å². The van der Waals surface area contributed by atoms with Gasteiger partial charge < -0.3 is 73.1 Å². The smallest absolute Gasteiger partial charge is 0.409 e. The van der Waals surface area contributed by atoms with Crippen LogP contribution in [0.5, 0.6) is 11.5 Å².